The van der Waals surface area contributed by atoms with Gasteiger partial charge in [0.2, 0.25) is 10.0 Å². The van der Waals surface area contributed by atoms with Crippen LogP contribution in [0.2, 0.25) is 0 Å². The molecule has 1 amide bonds. The maximum absolute atomic E-state index is 12.6. The van der Waals surface area contributed by atoms with E-state index in [0.29, 0.717) is 17.9 Å². The number of carbonyl (C=O) groups excluding carboxylic acids is 1. The summed E-state index contributed by atoms with van der Waals surface area (Å²) in [6.07, 6.45) is 1.72. The molecular formula is C21H26N2O5S. The molecule has 0 aromatic heterocycles. The summed E-state index contributed by atoms with van der Waals surface area (Å²) in [6.45, 7) is 2.79. The van der Waals surface area contributed by atoms with Crippen molar-refractivity contribution < 1.29 is 22.7 Å². The van der Waals surface area contributed by atoms with Gasteiger partial charge in [0.1, 0.15) is 5.75 Å². The van der Waals surface area contributed by atoms with Gasteiger partial charge in [-0.15, -0.1) is 0 Å². The van der Waals surface area contributed by atoms with Crippen molar-refractivity contribution in [2.24, 2.45) is 0 Å². The Morgan fingerprint density at radius 2 is 1.93 bits per heavy atom. The lowest BCUT2D eigenvalue weighted by Gasteiger charge is -2.17. The van der Waals surface area contributed by atoms with E-state index < -0.39 is 10.0 Å². The Morgan fingerprint density at radius 3 is 2.59 bits per heavy atom. The predicted octanol–water partition coefficient (Wildman–Crippen LogP) is 2.64. The summed E-state index contributed by atoms with van der Waals surface area (Å²) in [7, 11) is -2.06. The van der Waals surface area contributed by atoms with Gasteiger partial charge in [0, 0.05) is 24.3 Å². The van der Waals surface area contributed by atoms with Crippen LogP contribution in [-0.2, 0) is 14.8 Å². The van der Waals surface area contributed by atoms with Gasteiger partial charge in [-0.1, -0.05) is 18.2 Å². The van der Waals surface area contributed by atoms with Gasteiger partial charge in [-0.2, -0.15) is 0 Å². The number of sulfonamides is 1. The molecule has 2 unspecified atom stereocenters. The molecule has 2 aromatic carbocycles. The highest BCUT2D eigenvalue weighted by atomic mass is 32.2. The average molecular weight is 419 g/mol. The lowest BCUT2D eigenvalue weighted by atomic mass is 10.1. The van der Waals surface area contributed by atoms with Crippen molar-refractivity contribution in [3.63, 3.8) is 0 Å². The van der Waals surface area contributed by atoms with Gasteiger partial charge in [0.05, 0.1) is 24.2 Å². The highest BCUT2D eigenvalue weighted by Gasteiger charge is 2.21. The first-order valence-electron chi connectivity index (χ1n) is 9.56. The molecule has 0 radical (unpaired) electrons. The normalized spacial score (nSPS) is 17.7. The number of ether oxygens (including phenoxy) is 2. The van der Waals surface area contributed by atoms with Crippen molar-refractivity contribution in [1.29, 1.82) is 0 Å². The van der Waals surface area contributed by atoms with E-state index in [-0.39, 0.29) is 29.5 Å². The molecule has 3 rings (SSSR count). The molecule has 7 nitrogen and oxygen atoms in total. The molecule has 8 heteroatoms. The highest BCUT2D eigenvalue weighted by molar-refractivity contribution is 7.89. The van der Waals surface area contributed by atoms with Crippen LogP contribution in [0.3, 0.4) is 0 Å². The van der Waals surface area contributed by atoms with E-state index in [0.717, 1.165) is 18.4 Å². The van der Waals surface area contributed by atoms with Crippen molar-refractivity contribution in [2.75, 3.05) is 20.3 Å². The Hall–Kier alpha value is -2.42. The summed E-state index contributed by atoms with van der Waals surface area (Å²) >= 11 is 0. The second kappa shape index (κ2) is 9.39. The Labute approximate surface area is 171 Å². The van der Waals surface area contributed by atoms with Gasteiger partial charge in [-0.25, -0.2) is 13.1 Å². The minimum atomic E-state index is -3.64. The fraction of sp³-hybridized carbons (Fsp3) is 0.381. The largest absolute Gasteiger partial charge is 0.496 e. The first-order chi connectivity index (χ1) is 13.9. The first kappa shape index (κ1) is 21.3. The van der Waals surface area contributed by atoms with Gasteiger partial charge in [0.15, 0.2) is 0 Å². The molecule has 2 N–H and O–H groups in total. The molecule has 0 aliphatic carbocycles. The Kier molecular flexibility index (Phi) is 6.89. The summed E-state index contributed by atoms with van der Waals surface area (Å²) in [5.41, 5.74) is 1.24. The van der Waals surface area contributed by atoms with Crippen LogP contribution < -0.4 is 14.8 Å². The van der Waals surface area contributed by atoms with E-state index in [1.807, 2.05) is 31.2 Å². The molecule has 1 aliphatic rings. The Bertz CT molecular complexity index is 938. The van der Waals surface area contributed by atoms with Gasteiger partial charge in [-0.3, -0.25) is 4.79 Å². The molecule has 0 spiro atoms. The third kappa shape index (κ3) is 5.35. The number of nitrogens with one attached hydrogen (secondary N) is 2. The number of hydrogen-bond donors (Lipinski definition) is 2. The topological polar surface area (TPSA) is 93.7 Å². The van der Waals surface area contributed by atoms with Crippen LogP contribution in [0, 0.1) is 0 Å². The second-order valence-corrected chi connectivity index (χ2v) is 8.72. The number of methoxy groups -OCH3 is 1. The summed E-state index contributed by atoms with van der Waals surface area (Å²) in [5.74, 6) is 0.402. The predicted molar refractivity (Wildman–Crippen MR) is 109 cm³/mol. The smallest absolute Gasteiger partial charge is 0.251 e. The van der Waals surface area contributed by atoms with Gasteiger partial charge in [-0.05, 0) is 50.1 Å². The van der Waals surface area contributed by atoms with Crippen LogP contribution in [0.1, 0.15) is 41.7 Å². The van der Waals surface area contributed by atoms with Crippen LogP contribution >= 0.6 is 0 Å². The van der Waals surface area contributed by atoms with Crippen LogP contribution in [0.15, 0.2) is 53.4 Å². The molecule has 0 bridgehead atoms. The maximum atomic E-state index is 12.6. The number of hydrogen-bond acceptors (Lipinski definition) is 5. The van der Waals surface area contributed by atoms with Gasteiger partial charge >= 0.3 is 0 Å². The van der Waals surface area contributed by atoms with Crippen molar-refractivity contribution in [3.8, 4) is 5.75 Å². The van der Waals surface area contributed by atoms with Crippen LogP contribution in [-0.4, -0.2) is 40.7 Å². The highest BCUT2D eigenvalue weighted by Crippen LogP contribution is 2.24. The van der Waals surface area contributed by atoms with Crippen molar-refractivity contribution in [1.82, 2.24) is 10.0 Å². The maximum Gasteiger partial charge on any atom is 0.251 e. The zero-order chi connectivity index (χ0) is 20.9. The Balaban J connectivity index is 1.63. The van der Waals surface area contributed by atoms with Crippen LogP contribution in [0.5, 0.6) is 5.75 Å². The molecule has 1 heterocycles. The fourth-order valence-corrected chi connectivity index (χ4v) is 4.33. The summed E-state index contributed by atoms with van der Waals surface area (Å²) < 4.78 is 38.2. The van der Waals surface area contributed by atoms with E-state index in [1.165, 1.54) is 24.3 Å². The fourth-order valence-electron chi connectivity index (χ4n) is 3.26. The molecule has 2 atom stereocenters. The zero-order valence-corrected chi connectivity index (χ0v) is 17.4. The van der Waals surface area contributed by atoms with E-state index in [2.05, 4.69) is 10.0 Å². The molecule has 1 saturated heterocycles. The number of rotatable bonds is 8. The molecule has 156 valence electrons. The molecule has 1 aliphatic heterocycles. The second-order valence-electron chi connectivity index (χ2n) is 6.95. The Morgan fingerprint density at radius 1 is 1.21 bits per heavy atom. The lowest BCUT2D eigenvalue weighted by molar-refractivity contribution is 0.0939. The van der Waals surface area contributed by atoms with Crippen molar-refractivity contribution >= 4 is 15.9 Å². The SMILES string of the molecule is COc1ccccc1C(C)NC(=O)c1ccc(S(=O)(=O)NCC2CCCO2)cc1. The third-order valence-electron chi connectivity index (χ3n) is 4.90. The van der Waals surface area contributed by atoms with Crippen LogP contribution in [0.4, 0.5) is 0 Å². The molecular weight excluding hydrogens is 392 g/mol. The summed E-state index contributed by atoms with van der Waals surface area (Å²) in [5, 5.41) is 2.91. The quantitative estimate of drug-likeness (QED) is 0.687. The van der Waals surface area contributed by atoms with Crippen molar-refractivity contribution in [2.45, 2.75) is 36.8 Å². The van der Waals surface area contributed by atoms with Gasteiger partial charge in [0.25, 0.3) is 5.91 Å². The molecule has 0 saturated carbocycles. The number of benzene rings is 2. The minimum absolute atomic E-state index is 0.0775. The van der Waals surface area contributed by atoms with E-state index in [9.17, 15) is 13.2 Å². The molecule has 2 aromatic rings. The van der Waals surface area contributed by atoms with E-state index in [1.54, 1.807) is 7.11 Å². The third-order valence-corrected chi connectivity index (χ3v) is 6.34. The van der Waals surface area contributed by atoms with E-state index in [4.69, 9.17) is 9.47 Å². The number of para-hydroxylation sites is 1. The first-order valence-corrected chi connectivity index (χ1v) is 11.0. The number of amides is 1. The molecule has 29 heavy (non-hydrogen) atoms. The number of carbonyl (C=O) groups is 1. The van der Waals surface area contributed by atoms with Gasteiger partial charge < -0.3 is 14.8 Å². The average Bonchev–Trinajstić information content (AvgIpc) is 3.26. The lowest BCUT2D eigenvalue weighted by Crippen LogP contribution is -2.32. The van der Waals surface area contributed by atoms with E-state index >= 15 is 0 Å². The van der Waals surface area contributed by atoms with Crippen LogP contribution in [0.25, 0.3) is 0 Å². The standard InChI is InChI=1S/C21H26N2O5S/c1-15(19-7-3-4-8-20(19)27-2)23-21(24)16-9-11-18(12-10-16)29(25,26)22-14-17-6-5-13-28-17/h3-4,7-12,15,17,22H,5-6,13-14H2,1-2H3,(H,23,24). The molecule has 1 fully saturated rings. The summed E-state index contributed by atoms with van der Waals surface area (Å²) in [6, 6.07) is 13.1. The van der Waals surface area contributed by atoms with Crippen molar-refractivity contribution in [3.05, 3.63) is 59.7 Å². The summed E-state index contributed by atoms with van der Waals surface area (Å²) in [4.78, 5) is 12.7. The zero-order valence-electron chi connectivity index (χ0n) is 16.6. The monoisotopic (exact) mass is 418 g/mol. The minimum Gasteiger partial charge on any atom is -0.496 e.